The SMILES string of the molecule is CCOc1cc(OC(C)C)c(F)c(N(Cc2ccnc(OC)n2)c2ccc(C#N)cc2)c1. The molecular weight excluding hydrogens is 411 g/mol. The highest BCUT2D eigenvalue weighted by Crippen LogP contribution is 2.38. The molecular formula is C24H25FN4O3. The van der Waals surface area contributed by atoms with E-state index in [4.69, 9.17) is 19.5 Å². The van der Waals surface area contributed by atoms with Crippen molar-refractivity contribution < 1.29 is 18.6 Å². The van der Waals surface area contributed by atoms with Crippen molar-refractivity contribution in [1.29, 1.82) is 5.26 Å². The number of hydrogen-bond acceptors (Lipinski definition) is 7. The Kier molecular flexibility index (Phi) is 7.45. The lowest BCUT2D eigenvalue weighted by Gasteiger charge is -2.27. The Labute approximate surface area is 187 Å². The van der Waals surface area contributed by atoms with Crippen LogP contribution in [0.1, 0.15) is 32.0 Å². The zero-order valence-corrected chi connectivity index (χ0v) is 18.5. The molecule has 0 spiro atoms. The maximum Gasteiger partial charge on any atom is 0.316 e. The van der Waals surface area contributed by atoms with Gasteiger partial charge in [-0.25, -0.2) is 9.37 Å². The first-order chi connectivity index (χ1) is 15.4. The van der Waals surface area contributed by atoms with Crippen LogP contribution in [-0.2, 0) is 6.54 Å². The summed E-state index contributed by atoms with van der Waals surface area (Å²) in [7, 11) is 1.48. The first-order valence-corrected chi connectivity index (χ1v) is 10.2. The van der Waals surface area contributed by atoms with Gasteiger partial charge in [-0.1, -0.05) is 0 Å². The van der Waals surface area contributed by atoms with Gasteiger partial charge in [-0.3, -0.25) is 0 Å². The number of nitriles is 1. The molecule has 1 aromatic heterocycles. The summed E-state index contributed by atoms with van der Waals surface area (Å²) in [5, 5.41) is 9.15. The number of ether oxygens (including phenoxy) is 3. The van der Waals surface area contributed by atoms with Crippen molar-refractivity contribution in [2.75, 3.05) is 18.6 Å². The molecule has 0 fully saturated rings. The molecule has 0 aliphatic heterocycles. The topological polar surface area (TPSA) is 80.5 Å². The molecule has 0 atom stereocenters. The Hall–Kier alpha value is -3.86. The zero-order chi connectivity index (χ0) is 23.1. The van der Waals surface area contributed by atoms with Crippen LogP contribution >= 0.6 is 0 Å². The number of halogens is 1. The summed E-state index contributed by atoms with van der Waals surface area (Å²) in [6.07, 6.45) is 1.36. The van der Waals surface area contributed by atoms with Crippen molar-refractivity contribution in [2.24, 2.45) is 0 Å². The molecule has 0 aliphatic carbocycles. The van der Waals surface area contributed by atoms with E-state index < -0.39 is 5.82 Å². The van der Waals surface area contributed by atoms with E-state index in [2.05, 4.69) is 16.0 Å². The Morgan fingerprint density at radius 2 is 1.91 bits per heavy atom. The fourth-order valence-electron chi connectivity index (χ4n) is 3.10. The van der Waals surface area contributed by atoms with Gasteiger partial charge in [0.2, 0.25) is 0 Å². The van der Waals surface area contributed by atoms with Crippen molar-refractivity contribution in [2.45, 2.75) is 33.4 Å². The van der Waals surface area contributed by atoms with Gasteiger partial charge >= 0.3 is 6.01 Å². The van der Waals surface area contributed by atoms with E-state index in [0.29, 0.717) is 29.3 Å². The van der Waals surface area contributed by atoms with Gasteiger partial charge in [-0.05, 0) is 51.1 Å². The zero-order valence-electron chi connectivity index (χ0n) is 18.5. The van der Waals surface area contributed by atoms with E-state index >= 15 is 4.39 Å². The molecule has 8 heteroatoms. The second kappa shape index (κ2) is 10.4. The van der Waals surface area contributed by atoms with E-state index in [9.17, 15) is 0 Å². The molecule has 1 heterocycles. The Morgan fingerprint density at radius 1 is 1.16 bits per heavy atom. The van der Waals surface area contributed by atoms with Crippen LogP contribution in [0.25, 0.3) is 0 Å². The predicted octanol–water partition coefficient (Wildman–Crippen LogP) is 5.02. The molecule has 0 unspecified atom stereocenters. The smallest absolute Gasteiger partial charge is 0.316 e. The highest BCUT2D eigenvalue weighted by molar-refractivity contribution is 5.68. The van der Waals surface area contributed by atoms with Gasteiger partial charge in [0.15, 0.2) is 11.6 Å². The molecule has 32 heavy (non-hydrogen) atoms. The van der Waals surface area contributed by atoms with E-state index in [1.165, 1.54) is 7.11 Å². The molecule has 0 bridgehead atoms. The van der Waals surface area contributed by atoms with E-state index in [0.717, 1.165) is 0 Å². The predicted molar refractivity (Wildman–Crippen MR) is 119 cm³/mol. The second-order valence-electron chi connectivity index (χ2n) is 7.13. The summed E-state index contributed by atoms with van der Waals surface area (Å²) in [6.45, 7) is 6.16. The molecule has 0 radical (unpaired) electrons. The molecule has 0 amide bonds. The number of benzene rings is 2. The van der Waals surface area contributed by atoms with Gasteiger partial charge in [-0.2, -0.15) is 10.2 Å². The largest absolute Gasteiger partial charge is 0.494 e. The van der Waals surface area contributed by atoms with Crippen LogP contribution in [0, 0.1) is 17.1 Å². The first-order valence-electron chi connectivity index (χ1n) is 10.2. The van der Waals surface area contributed by atoms with Crippen molar-refractivity contribution in [3.63, 3.8) is 0 Å². The summed E-state index contributed by atoms with van der Waals surface area (Å²) < 4.78 is 32.2. The molecule has 2 aromatic carbocycles. The number of methoxy groups -OCH3 is 1. The van der Waals surface area contributed by atoms with Crippen molar-refractivity contribution in [3.8, 4) is 23.6 Å². The third-order valence-corrected chi connectivity index (χ3v) is 4.46. The van der Waals surface area contributed by atoms with Crippen LogP contribution in [0.4, 0.5) is 15.8 Å². The van der Waals surface area contributed by atoms with Crippen LogP contribution in [0.5, 0.6) is 17.5 Å². The van der Waals surface area contributed by atoms with E-state index in [1.807, 2.05) is 20.8 Å². The lowest BCUT2D eigenvalue weighted by atomic mass is 10.1. The summed E-state index contributed by atoms with van der Waals surface area (Å²) in [5.41, 5.74) is 2.05. The minimum absolute atomic E-state index is 0.0971. The van der Waals surface area contributed by atoms with Gasteiger partial charge < -0.3 is 19.1 Å². The van der Waals surface area contributed by atoms with Crippen LogP contribution in [0.15, 0.2) is 48.7 Å². The third-order valence-electron chi connectivity index (χ3n) is 4.46. The monoisotopic (exact) mass is 436 g/mol. The lowest BCUT2D eigenvalue weighted by molar-refractivity contribution is 0.229. The van der Waals surface area contributed by atoms with Crippen LogP contribution in [-0.4, -0.2) is 29.8 Å². The van der Waals surface area contributed by atoms with Crippen LogP contribution in [0.2, 0.25) is 0 Å². The summed E-state index contributed by atoms with van der Waals surface area (Å²) in [5.74, 6) is 0.0610. The normalized spacial score (nSPS) is 10.5. The molecule has 7 nitrogen and oxygen atoms in total. The van der Waals surface area contributed by atoms with Gasteiger partial charge in [0, 0.05) is 24.0 Å². The lowest BCUT2D eigenvalue weighted by Crippen LogP contribution is -2.20. The van der Waals surface area contributed by atoms with Gasteiger partial charge in [-0.15, -0.1) is 0 Å². The maximum absolute atomic E-state index is 15.7. The average Bonchev–Trinajstić information content (AvgIpc) is 2.80. The first kappa shape index (κ1) is 22.8. The van der Waals surface area contributed by atoms with Crippen molar-refractivity contribution in [3.05, 3.63) is 65.7 Å². The molecule has 0 aliphatic rings. The number of nitrogens with zero attached hydrogens (tertiary/aromatic N) is 4. The average molecular weight is 436 g/mol. The Balaban J connectivity index is 2.14. The minimum atomic E-state index is -0.521. The summed E-state index contributed by atoms with van der Waals surface area (Å²) >= 11 is 0. The van der Waals surface area contributed by atoms with Crippen LogP contribution < -0.4 is 19.1 Å². The van der Waals surface area contributed by atoms with Crippen LogP contribution in [0.3, 0.4) is 0 Å². The Morgan fingerprint density at radius 3 is 2.53 bits per heavy atom. The Bertz CT molecular complexity index is 1100. The molecule has 0 saturated heterocycles. The van der Waals surface area contributed by atoms with E-state index in [1.54, 1.807) is 53.6 Å². The number of anilines is 2. The number of hydrogen-bond donors (Lipinski definition) is 0. The fraction of sp³-hybridized carbons (Fsp3) is 0.292. The molecule has 0 N–H and O–H groups in total. The van der Waals surface area contributed by atoms with Gasteiger partial charge in [0.25, 0.3) is 0 Å². The summed E-state index contributed by atoms with van der Waals surface area (Å²) in [4.78, 5) is 10.1. The molecule has 3 rings (SSSR count). The number of aromatic nitrogens is 2. The quantitative estimate of drug-likeness (QED) is 0.466. The molecule has 0 saturated carbocycles. The second-order valence-corrected chi connectivity index (χ2v) is 7.13. The van der Waals surface area contributed by atoms with Crippen molar-refractivity contribution >= 4 is 11.4 Å². The molecule has 166 valence electrons. The minimum Gasteiger partial charge on any atom is -0.494 e. The standard InChI is InChI=1S/C24H25FN4O3/c1-5-31-20-12-21(23(25)22(13-20)32-16(2)3)29(19-8-6-17(14-26)7-9-19)15-18-10-11-27-24(28-18)30-4/h6-13,16H,5,15H2,1-4H3. The highest BCUT2D eigenvalue weighted by Gasteiger charge is 2.22. The molecule has 3 aromatic rings. The fourth-order valence-corrected chi connectivity index (χ4v) is 3.10. The van der Waals surface area contributed by atoms with Crippen molar-refractivity contribution in [1.82, 2.24) is 9.97 Å². The van der Waals surface area contributed by atoms with Gasteiger partial charge in [0.1, 0.15) is 5.75 Å². The van der Waals surface area contributed by atoms with Gasteiger partial charge in [0.05, 0.1) is 49.4 Å². The summed E-state index contributed by atoms with van der Waals surface area (Å²) in [6, 6.07) is 14.1. The number of rotatable bonds is 9. The van der Waals surface area contributed by atoms with E-state index in [-0.39, 0.29) is 30.1 Å². The third kappa shape index (κ3) is 5.43. The highest BCUT2D eigenvalue weighted by atomic mass is 19.1. The maximum atomic E-state index is 15.7.